The lowest BCUT2D eigenvalue weighted by Gasteiger charge is -2.54. The van der Waals surface area contributed by atoms with Gasteiger partial charge >= 0.3 is 11.4 Å². The Labute approximate surface area is 247 Å². The first-order valence-corrected chi connectivity index (χ1v) is 13.9. The van der Waals surface area contributed by atoms with Crippen molar-refractivity contribution in [3.8, 4) is 11.4 Å². The number of aromatic nitrogens is 3. The number of halogens is 4. The Morgan fingerprint density at radius 2 is 1.50 bits per heavy atom. The summed E-state index contributed by atoms with van der Waals surface area (Å²) in [6.07, 6.45) is 1.43. The molecule has 1 aromatic heterocycles. The summed E-state index contributed by atoms with van der Waals surface area (Å²) in [5.41, 5.74) is 1.18. The number of carbonyl (C=O) groups is 2. The van der Waals surface area contributed by atoms with E-state index >= 15 is 0 Å². The number of hydrogen-bond acceptors (Lipinski definition) is 5. The highest BCUT2D eigenvalue weighted by molar-refractivity contribution is 6.66. The van der Waals surface area contributed by atoms with Crippen LogP contribution in [0, 0.1) is 13.8 Å². The summed E-state index contributed by atoms with van der Waals surface area (Å²) in [5, 5.41) is 9.40. The molecule has 2 aliphatic carbocycles. The molecular weight excluding hydrogens is 600 g/mol. The van der Waals surface area contributed by atoms with Crippen LogP contribution in [-0.4, -0.2) is 40.4 Å². The minimum Gasteiger partial charge on any atom is -0.507 e. The Bertz CT molecular complexity index is 1810. The smallest absolute Gasteiger partial charge is 0.352 e. The van der Waals surface area contributed by atoms with E-state index in [2.05, 4.69) is 0 Å². The highest BCUT2D eigenvalue weighted by Gasteiger charge is 2.71. The zero-order valence-electron chi connectivity index (χ0n) is 21.1. The first kappa shape index (κ1) is 27.1. The second-order valence-electron chi connectivity index (χ2n) is 10.3. The molecule has 6 rings (SSSR count). The number of allylic oxidation sites excluding steroid dienone is 4. The number of Topliss-reactive ketones (excluding diaryl/α,β-unsaturated/α-hetero) is 2. The van der Waals surface area contributed by atoms with E-state index in [1.165, 1.54) is 9.36 Å². The maximum absolute atomic E-state index is 13.9. The SMILES string of the molecule is Cc1cc([C@H]2C3=CCn4c(=O)n(-c5ccccc5)c(=O)n4[C@@H]3C[C@@]3(Cl)C(=O)C(Cl)=C(Cl)C(=O)[C@@]23Cl)cc(C)c1O. The van der Waals surface area contributed by atoms with Gasteiger partial charge < -0.3 is 5.11 Å². The van der Waals surface area contributed by atoms with Crippen molar-refractivity contribution in [1.82, 2.24) is 13.9 Å². The number of nitrogens with zero attached hydrogens (tertiary/aromatic N) is 3. The van der Waals surface area contributed by atoms with E-state index in [0.29, 0.717) is 28.0 Å². The predicted octanol–water partition coefficient (Wildman–Crippen LogP) is 4.59. The normalized spacial score (nSPS) is 27.7. The minimum absolute atomic E-state index is 0.000999. The summed E-state index contributed by atoms with van der Waals surface area (Å²) in [7, 11) is 0. The molecular formula is C28H21Cl4N3O5. The van der Waals surface area contributed by atoms with Gasteiger partial charge in [-0.3, -0.25) is 9.59 Å². The quantitative estimate of drug-likeness (QED) is 0.333. The van der Waals surface area contributed by atoms with Crippen LogP contribution in [0.5, 0.6) is 5.75 Å². The minimum atomic E-state index is -2.13. The van der Waals surface area contributed by atoms with E-state index in [4.69, 9.17) is 46.4 Å². The molecule has 0 saturated heterocycles. The number of hydrogen-bond donors (Lipinski definition) is 1. The zero-order chi connectivity index (χ0) is 28.9. The Morgan fingerprint density at radius 3 is 2.12 bits per heavy atom. The van der Waals surface area contributed by atoms with Crippen LogP contribution >= 0.6 is 46.4 Å². The molecule has 0 amide bonds. The van der Waals surface area contributed by atoms with Crippen molar-refractivity contribution in [2.24, 2.45) is 0 Å². The first-order chi connectivity index (χ1) is 18.8. The first-order valence-electron chi connectivity index (χ1n) is 12.4. The average Bonchev–Trinajstić information content (AvgIpc) is 3.19. The molecule has 3 aliphatic rings. The number of aromatic hydroxyl groups is 1. The van der Waals surface area contributed by atoms with Gasteiger partial charge in [-0.2, -0.15) is 0 Å². The Balaban J connectivity index is 1.66. The van der Waals surface area contributed by atoms with Crippen LogP contribution in [0.1, 0.15) is 35.1 Å². The van der Waals surface area contributed by atoms with Crippen molar-refractivity contribution in [3.05, 3.63) is 102 Å². The fraction of sp³-hybridized carbons (Fsp3) is 0.286. The molecule has 1 N–H and O–H groups in total. The fourth-order valence-electron chi connectivity index (χ4n) is 6.30. The largest absolute Gasteiger partial charge is 0.507 e. The van der Waals surface area contributed by atoms with Crippen molar-refractivity contribution in [2.75, 3.05) is 0 Å². The molecule has 1 saturated carbocycles. The summed E-state index contributed by atoms with van der Waals surface area (Å²) in [6, 6.07) is 10.8. The van der Waals surface area contributed by atoms with E-state index < -0.39 is 54.7 Å². The molecule has 12 heteroatoms. The summed E-state index contributed by atoms with van der Waals surface area (Å²) in [5.74, 6) is -2.66. The Hall–Kier alpha value is -3.04. The monoisotopic (exact) mass is 619 g/mol. The standard InChI is InChI=1S/C28H21Cl4N3O5/c1-13-10-15(11-14(2)22(13)36)19-17-8-9-33-25(39)34(16-6-4-3-5-7-16)26(40)35(33)18(17)12-27(31)23(37)20(29)21(30)24(38)28(19,27)32/h3-8,10-11,18-19,36H,9,12H2,1-2H3/t18-,19+,27-,28+/m1/s1. The second kappa shape index (κ2) is 8.98. The number of fused-ring (bicyclic) bond motifs is 4. The van der Waals surface area contributed by atoms with Gasteiger partial charge in [0.25, 0.3) is 0 Å². The van der Waals surface area contributed by atoms with Crippen LogP contribution in [0.25, 0.3) is 5.69 Å². The topological polar surface area (TPSA) is 103 Å². The second-order valence-corrected chi connectivity index (χ2v) is 12.3. The van der Waals surface area contributed by atoms with Crippen molar-refractivity contribution >= 4 is 58.0 Å². The highest BCUT2D eigenvalue weighted by atomic mass is 35.5. The number of alkyl halides is 2. The van der Waals surface area contributed by atoms with E-state index in [1.807, 2.05) is 0 Å². The molecule has 0 radical (unpaired) electrons. The number of para-hydroxylation sites is 1. The van der Waals surface area contributed by atoms with Gasteiger partial charge in [-0.15, -0.1) is 23.2 Å². The lowest BCUT2D eigenvalue weighted by Crippen LogP contribution is -2.67. The van der Waals surface area contributed by atoms with Gasteiger partial charge in [-0.05, 0) is 48.2 Å². The van der Waals surface area contributed by atoms with Gasteiger partial charge in [0.05, 0.1) is 18.3 Å². The molecule has 0 spiro atoms. The lowest BCUT2D eigenvalue weighted by atomic mass is 9.59. The van der Waals surface area contributed by atoms with Gasteiger partial charge in [-0.25, -0.2) is 23.5 Å². The number of carbonyl (C=O) groups excluding carboxylic acids is 2. The molecule has 0 unspecified atom stereocenters. The van der Waals surface area contributed by atoms with E-state index in [0.717, 1.165) is 4.57 Å². The van der Waals surface area contributed by atoms with Crippen molar-refractivity contribution in [3.63, 3.8) is 0 Å². The van der Waals surface area contributed by atoms with Gasteiger partial charge in [0, 0.05) is 12.3 Å². The van der Waals surface area contributed by atoms with Crippen LogP contribution in [-0.2, 0) is 16.1 Å². The number of phenols is 1. The summed E-state index contributed by atoms with van der Waals surface area (Å²) in [6.45, 7) is 3.38. The Morgan fingerprint density at radius 1 is 0.900 bits per heavy atom. The van der Waals surface area contributed by atoms with Crippen molar-refractivity contribution < 1.29 is 14.7 Å². The summed E-state index contributed by atoms with van der Waals surface area (Å²) >= 11 is 26.9. The van der Waals surface area contributed by atoms with Crippen LogP contribution in [0.15, 0.2) is 73.8 Å². The molecule has 4 atom stereocenters. The lowest BCUT2D eigenvalue weighted by molar-refractivity contribution is -0.128. The molecule has 206 valence electrons. The molecule has 40 heavy (non-hydrogen) atoms. The molecule has 3 aromatic rings. The van der Waals surface area contributed by atoms with Crippen LogP contribution in [0.3, 0.4) is 0 Å². The zero-order valence-corrected chi connectivity index (χ0v) is 24.1. The Kier molecular flexibility index (Phi) is 6.09. The van der Waals surface area contributed by atoms with Gasteiger partial charge in [-0.1, -0.05) is 59.6 Å². The summed E-state index contributed by atoms with van der Waals surface area (Å²) < 4.78 is 3.58. The van der Waals surface area contributed by atoms with Crippen LogP contribution in [0.4, 0.5) is 0 Å². The van der Waals surface area contributed by atoms with E-state index in [1.54, 1.807) is 62.4 Å². The third-order valence-electron chi connectivity index (χ3n) is 8.16. The summed E-state index contributed by atoms with van der Waals surface area (Å²) in [4.78, 5) is 50.6. The number of aryl methyl sites for hydroxylation is 2. The molecule has 8 nitrogen and oxygen atoms in total. The van der Waals surface area contributed by atoms with E-state index in [9.17, 15) is 24.3 Å². The molecule has 2 heterocycles. The van der Waals surface area contributed by atoms with Gasteiger partial charge in [0.2, 0.25) is 0 Å². The number of ketones is 2. The van der Waals surface area contributed by atoms with E-state index in [-0.39, 0.29) is 18.7 Å². The van der Waals surface area contributed by atoms with Crippen molar-refractivity contribution in [2.45, 2.75) is 48.5 Å². The van der Waals surface area contributed by atoms with Crippen LogP contribution in [0.2, 0.25) is 0 Å². The van der Waals surface area contributed by atoms with Crippen LogP contribution < -0.4 is 11.4 Å². The number of rotatable bonds is 2. The number of phenolic OH excluding ortho intramolecular Hbond substituents is 1. The highest BCUT2D eigenvalue weighted by Crippen LogP contribution is 2.63. The molecule has 0 bridgehead atoms. The third-order valence-corrected chi connectivity index (χ3v) is 10.4. The van der Waals surface area contributed by atoms with Crippen molar-refractivity contribution in [1.29, 1.82) is 0 Å². The maximum atomic E-state index is 13.9. The molecule has 1 aliphatic heterocycles. The van der Waals surface area contributed by atoms with Gasteiger partial charge in [0.15, 0.2) is 11.6 Å². The fourth-order valence-corrected chi connectivity index (χ4v) is 7.82. The molecule has 2 aromatic carbocycles. The molecule has 1 fully saturated rings. The predicted molar refractivity (Wildman–Crippen MR) is 152 cm³/mol. The van der Waals surface area contributed by atoms with Gasteiger partial charge in [0.1, 0.15) is 25.6 Å². The average molecular weight is 621 g/mol. The maximum Gasteiger partial charge on any atom is 0.352 e. The third kappa shape index (κ3) is 3.33. The number of benzene rings is 2.